The monoisotopic (exact) mass is 261 g/mol. The smallest absolute Gasteiger partial charge is 0.423 e. The van der Waals surface area contributed by atoms with Gasteiger partial charge < -0.3 is 10.0 Å². The van der Waals surface area contributed by atoms with Gasteiger partial charge in [0.1, 0.15) is 0 Å². The minimum Gasteiger partial charge on any atom is -0.423 e. The number of hydrogen-bond donors (Lipinski definition) is 2. The minimum atomic E-state index is -1.37. The van der Waals surface area contributed by atoms with E-state index in [1.807, 2.05) is 12.1 Å². The molecule has 3 nitrogen and oxygen atoms in total. The van der Waals surface area contributed by atoms with Crippen LogP contribution in [0.15, 0.2) is 24.3 Å². The maximum absolute atomic E-state index is 9.09. The Kier molecular flexibility index (Phi) is 4.66. The van der Waals surface area contributed by atoms with E-state index in [1.54, 1.807) is 12.1 Å². The van der Waals surface area contributed by atoms with Crippen LogP contribution in [0.3, 0.4) is 0 Å². The lowest BCUT2D eigenvalue weighted by molar-refractivity contribution is 0.0730. The first-order valence-corrected chi connectivity index (χ1v) is 7.16. The van der Waals surface area contributed by atoms with Gasteiger partial charge in [-0.25, -0.2) is 0 Å². The summed E-state index contributed by atoms with van der Waals surface area (Å²) in [6.45, 7) is 9.05. The van der Waals surface area contributed by atoms with Crippen molar-refractivity contribution in [2.45, 2.75) is 39.8 Å². The van der Waals surface area contributed by atoms with E-state index in [0.717, 1.165) is 24.9 Å². The van der Waals surface area contributed by atoms with Gasteiger partial charge in [-0.15, -0.1) is 0 Å². The van der Waals surface area contributed by atoms with E-state index in [1.165, 1.54) is 12.0 Å². The molecular formula is C15H24BNO2. The van der Waals surface area contributed by atoms with Crippen LogP contribution in [-0.4, -0.2) is 34.7 Å². The van der Waals surface area contributed by atoms with Gasteiger partial charge in [-0.05, 0) is 36.2 Å². The average Bonchev–Trinajstić information content (AvgIpc) is 2.36. The van der Waals surface area contributed by atoms with Crippen LogP contribution in [0, 0.1) is 11.8 Å². The second kappa shape index (κ2) is 6.08. The molecule has 0 spiro atoms. The van der Waals surface area contributed by atoms with Crippen LogP contribution >= 0.6 is 0 Å². The summed E-state index contributed by atoms with van der Waals surface area (Å²) in [6, 6.07) is 8.18. The summed E-state index contributed by atoms with van der Waals surface area (Å²) in [7, 11) is -1.37. The molecule has 104 valence electrons. The zero-order valence-electron chi connectivity index (χ0n) is 12.1. The maximum Gasteiger partial charge on any atom is 0.488 e. The third kappa shape index (κ3) is 3.59. The molecule has 1 saturated heterocycles. The predicted octanol–water partition coefficient (Wildman–Crippen LogP) is 1.23. The topological polar surface area (TPSA) is 43.7 Å². The van der Waals surface area contributed by atoms with E-state index in [0.29, 0.717) is 11.5 Å². The molecule has 2 N–H and O–H groups in total. The fraction of sp³-hybridized carbons (Fsp3) is 0.600. The summed E-state index contributed by atoms with van der Waals surface area (Å²) in [5, 5.41) is 18.2. The average molecular weight is 261 g/mol. The zero-order chi connectivity index (χ0) is 14.0. The molecule has 3 atom stereocenters. The van der Waals surface area contributed by atoms with Gasteiger partial charge >= 0.3 is 7.12 Å². The standard InChI is InChI=1S/C15H24BNO2/c1-11-8-12(2)13(3)17(9-11)10-14-4-6-15(7-5-14)16(18)19/h4-7,11-13,18-19H,8-10H2,1-3H3. The van der Waals surface area contributed by atoms with E-state index < -0.39 is 7.12 Å². The molecule has 3 unspecified atom stereocenters. The maximum atomic E-state index is 9.09. The van der Waals surface area contributed by atoms with Crippen LogP contribution in [0.4, 0.5) is 0 Å². The molecule has 4 heteroatoms. The molecule has 1 fully saturated rings. The minimum absolute atomic E-state index is 0.553. The summed E-state index contributed by atoms with van der Waals surface area (Å²) >= 11 is 0. The van der Waals surface area contributed by atoms with E-state index in [2.05, 4.69) is 25.7 Å². The molecular weight excluding hydrogens is 237 g/mol. The van der Waals surface area contributed by atoms with Gasteiger partial charge in [-0.1, -0.05) is 38.1 Å². The van der Waals surface area contributed by atoms with E-state index >= 15 is 0 Å². The number of hydrogen-bond acceptors (Lipinski definition) is 3. The van der Waals surface area contributed by atoms with Crippen molar-refractivity contribution >= 4 is 12.6 Å². The molecule has 0 aromatic heterocycles. The highest BCUT2D eigenvalue weighted by Gasteiger charge is 2.28. The second-order valence-corrected chi connectivity index (χ2v) is 6.10. The summed E-state index contributed by atoms with van der Waals surface area (Å²) < 4.78 is 0. The SMILES string of the molecule is CC1CC(C)C(C)N(Cc2ccc(B(O)O)cc2)C1. The van der Waals surface area contributed by atoms with Gasteiger partial charge in [0.15, 0.2) is 0 Å². The third-order valence-corrected chi connectivity index (χ3v) is 4.38. The van der Waals surface area contributed by atoms with Crippen molar-refractivity contribution in [2.24, 2.45) is 11.8 Å². The first kappa shape index (κ1) is 14.6. The highest BCUT2D eigenvalue weighted by Crippen LogP contribution is 2.27. The Morgan fingerprint density at radius 3 is 2.37 bits per heavy atom. The Morgan fingerprint density at radius 1 is 1.16 bits per heavy atom. The van der Waals surface area contributed by atoms with Crippen molar-refractivity contribution in [1.29, 1.82) is 0 Å². The fourth-order valence-corrected chi connectivity index (χ4v) is 3.07. The molecule has 1 aliphatic heterocycles. The lowest BCUT2D eigenvalue weighted by Gasteiger charge is -2.41. The molecule has 0 amide bonds. The van der Waals surface area contributed by atoms with Gasteiger partial charge in [-0.3, -0.25) is 4.90 Å². The molecule has 1 aliphatic rings. The third-order valence-electron chi connectivity index (χ3n) is 4.38. The van der Waals surface area contributed by atoms with Crippen LogP contribution in [0.2, 0.25) is 0 Å². The van der Waals surface area contributed by atoms with Gasteiger partial charge in [-0.2, -0.15) is 0 Å². The molecule has 2 rings (SSSR count). The molecule has 1 heterocycles. The van der Waals surface area contributed by atoms with Crippen molar-refractivity contribution < 1.29 is 10.0 Å². The summed E-state index contributed by atoms with van der Waals surface area (Å²) in [6.07, 6.45) is 1.31. The highest BCUT2D eigenvalue weighted by molar-refractivity contribution is 6.58. The summed E-state index contributed by atoms with van der Waals surface area (Å²) in [5.74, 6) is 1.49. The predicted molar refractivity (Wildman–Crippen MR) is 79.1 cm³/mol. The Morgan fingerprint density at radius 2 is 1.79 bits per heavy atom. The second-order valence-electron chi connectivity index (χ2n) is 6.10. The lowest BCUT2D eigenvalue weighted by atomic mass is 9.80. The molecule has 1 aromatic rings. The number of benzene rings is 1. The fourth-order valence-electron chi connectivity index (χ4n) is 3.07. The zero-order valence-corrected chi connectivity index (χ0v) is 12.1. The van der Waals surface area contributed by atoms with Crippen molar-refractivity contribution in [3.8, 4) is 0 Å². The molecule has 19 heavy (non-hydrogen) atoms. The van der Waals surface area contributed by atoms with Crippen molar-refractivity contribution in [3.05, 3.63) is 29.8 Å². The van der Waals surface area contributed by atoms with Crippen LogP contribution in [0.5, 0.6) is 0 Å². The molecule has 1 aromatic carbocycles. The van der Waals surface area contributed by atoms with Crippen LogP contribution < -0.4 is 5.46 Å². The Labute approximate surface area is 116 Å². The van der Waals surface area contributed by atoms with Crippen molar-refractivity contribution in [2.75, 3.05) is 6.54 Å². The Bertz CT molecular complexity index is 407. The van der Waals surface area contributed by atoms with Gasteiger partial charge in [0, 0.05) is 19.1 Å². The van der Waals surface area contributed by atoms with Gasteiger partial charge in [0.2, 0.25) is 0 Å². The molecule has 0 aliphatic carbocycles. The van der Waals surface area contributed by atoms with Crippen LogP contribution in [0.25, 0.3) is 0 Å². The summed E-state index contributed by atoms with van der Waals surface area (Å²) in [4.78, 5) is 2.53. The van der Waals surface area contributed by atoms with E-state index in [9.17, 15) is 0 Å². The molecule has 0 bridgehead atoms. The number of rotatable bonds is 3. The number of likely N-dealkylation sites (tertiary alicyclic amines) is 1. The van der Waals surface area contributed by atoms with E-state index in [4.69, 9.17) is 10.0 Å². The van der Waals surface area contributed by atoms with Gasteiger partial charge in [0.25, 0.3) is 0 Å². The normalized spacial score (nSPS) is 28.4. The van der Waals surface area contributed by atoms with Crippen molar-refractivity contribution in [3.63, 3.8) is 0 Å². The largest absolute Gasteiger partial charge is 0.488 e. The van der Waals surface area contributed by atoms with Crippen LogP contribution in [-0.2, 0) is 6.54 Å². The van der Waals surface area contributed by atoms with Gasteiger partial charge in [0.05, 0.1) is 0 Å². The Hall–Kier alpha value is -0.835. The highest BCUT2D eigenvalue weighted by atomic mass is 16.4. The number of nitrogens with zero attached hydrogens (tertiary/aromatic N) is 1. The number of piperidine rings is 1. The Balaban J connectivity index is 2.03. The quantitative estimate of drug-likeness (QED) is 0.804. The molecule has 0 radical (unpaired) electrons. The van der Waals surface area contributed by atoms with Crippen LogP contribution in [0.1, 0.15) is 32.8 Å². The van der Waals surface area contributed by atoms with E-state index in [-0.39, 0.29) is 0 Å². The molecule has 0 saturated carbocycles. The summed E-state index contributed by atoms with van der Waals surface area (Å²) in [5.41, 5.74) is 1.79. The first-order chi connectivity index (χ1) is 8.97. The van der Waals surface area contributed by atoms with Crippen molar-refractivity contribution in [1.82, 2.24) is 4.90 Å². The lowest BCUT2D eigenvalue weighted by Crippen LogP contribution is -2.45. The first-order valence-electron chi connectivity index (χ1n) is 7.16.